The Morgan fingerprint density at radius 1 is 1.04 bits per heavy atom. The Kier molecular flexibility index (Phi) is 5.58. The van der Waals surface area contributed by atoms with Gasteiger partial charge in [0.15, 0.2) is 0 Å². The van der Waals surface area contributed by atoms with Gasteiger partial charge in [-0.05, 0) is 18.2 Å². The van der Waals surface area contributed by atoms with Gasteiger partial charge in [-0.3, -0.25) is 9.59 Å². The topological polar surface area (TPSA) is 61.4 Å². The van der Waals surface area contributed by atoms with Crippen LogP contribution in [0.4, 0.5) is 14.5 Å². The summed E-state index contributed by atoms with van der Waals surface area (Å²) in [5, 5.41) is 5.45. The van der Waals surface area contributed by atoms with Crippen LogP contribution in [-0.4, -0.2) is 36.3 Å². The molecule has 26 heavy (non-hydrogen) atoms. The molecule has 1 aliphatic rings. The lowest BCUT2D eigenvalue weighted by Gasteiger charge is -2.32. The van der Waals surface area contributed by atoms with Gasteiger partial charge in [0.05, 0.1) is 11.6 Å². The van der Waals surface area contributed by atoms with Gasteiger partial charge in [0.25, 0.3) is 0 Å². The van der Waals surface area contributed by atoms with E-state index in [1.165, 1.54) is 29.2 Å². The molecule has 1 aliphatic heterocycles. The van der Waals surface area contributed by atoms with E-state index < -0.39 is 17.5 Å². The monoisotopic (exact) mass is 359 g/mol. The first-order chi connectivity index (χ1) is 12.5. The quantitative estimate of drug-likeness (QED) is 0.831. The van der Waals surface area contributed by atoms with Crippen LogP contribution in [0, 0.1) is 17.6 Å². The number of halogens is 2. The van der Waals surface area contributed by atoms with Gasteiger partial charge in [-0.1, -0.05) is 30.3 Å². The third-order valence-corrected chi connectivity index (χ3v) is 4.24. The summed E-state index contributed by atoms with van der Waals surface area (Å²) in [6.45, 7) is 0.758. The molecule has 2 amide bonds. The van der Waals surface area contributed by atoms with Crippen LogP contribution in [0.3, 0.4) is 0 Å². The van der Waals surface area contributed by atoms with Gasteiger partial charge < -0.3 is 15.5 Å². The maximum Gasteiger partial charge on any atom is 0.244 e. The van der Waals surface area contributed by atoms with E-state index in [1.807, 2.05) is 0 Å². The first kappa shape index (κ1) is 18.0. The minimum absolute atomic E-state index is 0.0211. The molecule has 0 aliphatic carbocycles. The molecule has 1 heterocycles. The summed E-state index contributed by atoms with van der Waals surface area (Å²) in [4.78, 5) is 26.2. The average Bonchev–Trinajstić information content (AvgIpc) is 2.56. The van der Waals surface area contributed by atoms with Crippen molar-refractivity contribution in [3.8, 4) is 0 Å². The molecule has 2 aromatic carbocycles. The highest BCUT2D eigenvalue weighted by Crippen LogP contribution is 2.16. The van der Waals surface area contributed by atoms with Crippen molar-refractivity contribution in [2.45, 2.75) is 6.54 Å². The molecule has 0 aromatic heterocycles. The molecule has 0 unspecified atom stereocenters. The Bertz CT molecular complexity index is 809. The highest BCUT2D eigenvalue weighted by molar-refractivity contribution is 5.95. The van der Waals surface area contributed by atoms with E-state index in [-0.39, 0.29) is 30.6 Å². The van der Waals surface area contributed by atoms with E-state index in [4.69, 9.17) is 0 Å². The fraction of sp³-hybridized carbons (Fsp3) is 0.263. The minimum atomic E-state index is -0.559. The molecule has 2 N–H and O–H groups in total. The second kappa shape index (κ2) is 8.05. The van der Waals surface area contributed by atoms with Crippen molar-refractivity contribution in [2.24, 2.45) is 5.92 Å². The van der Waals surface area contributed by atoms with E-state index in [0.29, 0.717) is 18.7 Å². The van der Waals surface area contributed by atoms with Crippen LogP contribution in [-0.2, 0) is 16.1 Å². The van der Waals surface area contributed by atoms with Gasteiger partial charge in [-0.2, -0.15) is 0 Å². The zero-order valence-corrected chi connectivity index (χ0v) is 14.0. The molecule has 0 radical (unpaired) electrons. The standard InChI is InChI=1S/C19H19F2N3O2/c20-15-6-2-1-5-13(15)11-24(19(26)14-9-22-10-14)12-18(25)23-17-8-4-3-7-16(17)21/h1-8,14,22H,9-12H2,(H,23,25). The maximum atomic E-state index is 13.9. The highest BCUT2D eigenvalue weighted by Gasteiger charge is 2.30. The number of amides is 2. The van der Waals surface area contributed by atoms with Crippen LogP contribution in [0.2, 0.25) is 0 Å². The van der Waals surface area contributed by atoms with Crippen LogP contribution in [0.5, 0.6) is 0 Å². The Labute approximate surface area is 150 Å². The fourth-order valence-electron chi connectivity index (χ4n) is 2.69. The smallest absolute Gasteiger partial charge is 0.244 e. The van der Waals surface area contributed by atoms with Crippen LogP contribution < -0.4 is 10.6 Å². The molecule has 7 heteroatoms. The van der Waals surface area contributed by atoms with Gasteiger partial charge in [0.2, 0.25) is 11.8 Å². The van der Waals surface area contributed by atoms with Crippen LogP contribution in [0.25, 0.3) is 0 Å². The molecule has 2 aromatic rings. The number of hydrogen-bond donors (Lipinski definition) is 2. The van der Waals surface area contributed by atoms with Crippen LogP contribution in [0.1, 0.15) is 5.56 Å². The summed E-state index contributed by atoms with van der Waals surface area (Å²) in [6.07, 6.45) is 0. The summed E-state index contributed by atoms with van der Waals surface area (Å²) in [5.74, 6) is -1.99. The first-order valence-corrected chi connectivity index (χ1v) is 8.32. The number of benzene rings is 2. The number of nitrogens with zero attached hydrogens (tertiary/aromatic N) is 1. The van der Waals surface area contributed by atoms with Crippen molar-refractivity contribution in [1.29, 1.82) is 0 Å². The van der Waals surface area contributed by atoms with Gasteiger partial charge in [-0.25, -0.2) is 8.78 Å². The molecular formula is C19H19F2N3O2. The number of carbonyl (C=O) groups is 2. The molecule has 0 atom stereocenters. The van der Waals surface area contributed by atoms with Crippen molar-refractivity contribution in [1.82, 2.24) is 10.2 Å². The SMILES string of the molecule is O=C(CN(Cc1ccccc1F)C(=O)C1CNC1)Nc1ccccc1F. The normalized spacial score (nSPS) is 13.8. The zero-order chi connectivity index (χ0) is 18.5. The third kappa shape index (κ3) is 4.23. The molecule has 0 spiro atoms. The minimum Gasteiger partial charge on any atom is -0.329 e. The molecule has 136 valence electrons. The summed E-state index contributed by atoms with van der Waals surface area (Å²) in [6, 6.07) is 11.9. The lowest BCUT2D eigenvalue weighted by molar-refractivity contribution is -0.140. The molecule has 3 rings (SSSR count). The largest absolute Gasteiger partial charge is 0.329 e. The lowest BCUT2D eigenvalue weighted by Crippen LogP contribution is -2.53. The van der Waals surface area contributed by atoms with Gasteiger partial charge in [0, 0.05) is 25.2 Å². The lowest BCUT2D eigenvalue weighted by atomic mass is 10.0. The van der Waals surface area contributed by atoms with E-state index in [9.17, 15) is 18.4 Å². The zero-order valence-electron chi connectivity index (χ0n) is 14.0. The summed E-state index contributed by atoms with van der Waals surface area (Å²) in [5.41, 5.74) is 0.368. The highest BCUT2D eigenvalue weighted by atomic mass is 19.1. The number of nitrogens with one attached hydrogen (secondary N) is 2. The number of para-hydroxylation sites is 1. The molecule has 1 saturated heterocycles. The van der Waals surface area contributed by atoms with E-state index in [1.54, 1.807) is 24.3 Å². The number of hydrogen-bond acceptors (Lipinski definition) is 3. The first-order valence-electron chi connectivity index (χ1n) is 8.32. The van der Waals surface area contributed by atoms with E-state index >= 15 is 0 Å². The summed E-state index contributed by atoms with van der Waals surface area (Å²) < 4.78 is 27.6. The number of rotatable bonds is 6. The van der Waals surface area contributed by atoms with Crippen molar-refractivity contribution in [2.75, 3.05) is 25.0 Å². The predicted molar refractivity (Wildman–Crippen MR) is 93.2 cm³/mol. The summed E-state index contributed by atoms with van der Waals surface area (Å²) in [7, 11) is 0. The van der Waals surface area contributed by atoms with Gasteiger partial charge in [0.1, 0.15) is 18.2 Å². The van der Waals surface area contributed by atoms with E-state index in [0.717, 1.165) is 0 Å². The third-order valence-electron chi connectivity index (χ3n) is 4.24. The van der Waals surface area contributed by atoms with Crippen molar-refractivity contribution in [3.63, 3.8) is 0 Å². The summed E-state index contributed by atoms with van der Waals surface area (Å²) >= 11 is 0. The number of carbonyl (C=O) groups excluding carboxylic acids is 2. The Hall–Kier alpha value is -2.80. The molecule has 5 nitrogen and oxygen atoms in total. The molecule has 0 bridgehead atoms. The second-order valence-corrected chi connectivity index (χ2v) is 6.17. The van der Waals surface area contributed by atoms with Gasteiger partial charge >= 0.3 is 0 Å². The Morgan fingerprint density at radius 2 is 1.69 bits per heavy atom. The van der Waals surface area contributed by atoms with Crippen molar-refractivity contribution in [3.05, 3.63) is 65.7 Å². The van der Waals surface area contributed by atoms with E-state index in [2.05, 4.69) is 10.6 Å². The molecule has 1 fully saturated rings. The van der Waals surface area contributed by atoms with Crippen molar-refractivity contribution < 1.29 is 18.4 Å². The van der Waals surface area contributed by atoms with Gasteiger partial charge in [-0.15, -0.1) is 0 Å². The fourth-order valence-corrected chi connectivity index (χ4v) is 2.69. The predicted octanol–water partition coefficient (Wildman–Crippen LogP) is 2.15. The Balaban J connectivity index is 1.72. The Morgan fingerprint density at radius 3 is 2.31 bits per heavy atom. The van der Waals surface area contributed by atoms with Crippen molar-refractivity contribution >= 4 is 17.5 Å². The second-order valence-electron chi connectivity index (χ2n) is 6.17. The average molecular weight is 359 g/mol. The van der Waals surface area contributed by atoms with Crippen LogP contribution in [0.15, 0.2) is 48.5 Å². The molecular weight excluding hydrogens is 340 g/mol. The molecule has 0 saturated carbocycles. The number of anilines is 1. The maximum absolute atomic E-state index is 13.9. The van der Waals surface area contributed by atoms with Crippen LogP contribution >= 0.6 is 0 Å².